The molecule has 2 aliphatic rings. The van der Waals surface area contributed by atoms with Crippen molar-refractivity contribution in [2.45, 2.75) is 6.18 Å². The Morgan fingerprint density at radius 3 is 2.27 bits per heavy atom. The summed E-state index contributed by atoms with van der Waals surface area (Å²) in [5.74, 6) is 0. The van der Waals surface area contributed by atoms with Crippen LogP contribution in [0.1, 0.15) is 5.56 Å². The van der Waals surface area contributed by atoms with Gasteiger partial charge in [-0.05, 0) is 29.8 Å². The Labute approximate surface area is 173 Å². The van der Waals surface area contributed by atoms with Crippen LogP contribution in [0.2, 0.25) is 0 Å². The van der Waals surface area contributed by atoms with Gasteiger partial charge in [0.05, 0.1) is 16.6 Å². The van der Waals surface area contributed by atoms with Crippen LogP contribution >= 0.6 is 11.3 Å². The summed E-state index contributed by atoms with van der Waals surface area (Å²) in [5.41, 5.74) is 4.02. The van der Waals surface area contributed by atoms with Gasteiger partial charge in [-0.1, -0.05) is 48.5 Å². The predicted molar refractivity (Wildman–Crippen MR) is 116 cm³/mol. The number of aromatic nitrogens is 2. The lowest BCUT2D eigenvalue weighted by Gasteiger charge is -2.10. The summed E-state index contributed by atoms with van der Waals surface area (Å²) < 4.78 is 39.1. The average Bonchev–Trinajstić information content (AvgIpc) is 3.30. The molecule has 6 heteroatoms. The zero-order valence-electron chi connectivity index (χ0n) is 15.4. The molecule has 30 heavy (non-hydrogen) atoms. The Hall–Kier alpha value is -3.38. The molecule has 0 spiro atoms. The molecule has 3 aromatic carbocycles. The van der Waals surface area contributed by atoms with Gasteiger partial charge in [0.2, 0.25) is 0 Å². The fourth-order valence-corrected chi connectivity index (χ4v) is 5.32. The number of halogens is 3. The van der Waals surface area contributed by atoms with Gasteiger partial charge in [0.25, 0.3) is 0 Å². The van der Waals surface area contributed by atoms with Gasteiger partial charge in [-0.3, -0.25) is 0 Å². The fourth-order valence-electron chi connectivity index (χ4n) is 4.11. The minimum atomic E-state index is -4.35. The van der Waals surface area contributed by atoms with E-state index in [0.717, 1.165) is 65.9 Å². The predicted octanol–water partition coefficient (Wildman–Crippen LogP) is 7.72. The van der Waals surface area contributed by atoms with E-state index in [2.05, 4.69) is 11.1 Å². The molecule has 0 aliphatic carbocycles. The number of alkyl halides is 3. The molecule has 0 unspecified atom stereocenters. The molecule has 1 N–H and O–H groups in total. The summed E-state index contributed by atoms with van der Waals surface area (Å²) in [7, 11) is 0. The van der Waals surface area contributed by atoms with E-state index in [-0.39, 0.29) is 0 Å². The Morgan fingerprint density at radius 1 is 0.800 bits per heavy atom. The van der Waals surface area contributed by atoms with Crippen LogP contribution in [0.25, 0.3) is 53.7 Å². The second-order valence-corrected chi connectivity index (χ2v) is 8.24. The van der Waals surface area contributed by atoms with Gasteiger partial charge in [-0.2, -0.15) is 13.2 Å². The second kappa shape index (κ2) is 6.06. The number of hydrogen-bond donors (Lipinski definition) is 1. The van der Waals surface area contributed by atoms with Crippen LogP contribution in [0.3, 0.4) is 0 Å². The number of para-hydroxylation sites is 2. The largest absolute Gasteiger partial charge is 0.416 e. The number of hydrogen-bond acceptors (Lipinski definition) is 2. The summed E-state index contributed by atoms with van der Waals surface area (Å²) in [5, 5.41) is 4.00. The van der Waals surface area contributed by atoms with Gasteiger partial charge in [0, 0.05) is 32.1 Å². The van der Waals surface area contributed by atoms with E-state index < -0.39 is 11.7 Å². The van der Waals surface area contributed by atoms with Gasteiger partial charge < -0.3 is 4.98 Å². The third-order valence-corrected chi connectivity index (χ3v) is 6.60. The van der Waals surface area contributed by atoms with Crippen LogP contribution < -0.4 is 0 Å². The van der Waals surface area contributed by atoms with E-state index >= 15 is 0 Å². The van der Waals surface area contributed by atoms with Gasteiger partial charge >= 0.3 is 6.18 Å². The summed E-state index contributed by atoms with van der Waals surface area (Å²) in [6.07, 6.45) is -4.35. The van der Waals surface area contributed by atoms with Crippen molar-refractivity contribution < 1.29 is 13.2 Å². The minimum Gasteiger partial charge on any atom is -0.354 e. The van der Waals surface area contributed by atoms with Crippen molar-refractivity contribution >= 4 is 44.0 Å². The Balaban J connectivity index is 1.74. The van der Waals surface area contributed by atoms with E-state index in [0.29, 0.717) is 0 Å². The van der Waals surface area contributed by atoms with Crippen molar-refractivity contribution in [2.24, 2.45) is 0 Å². The highest BCUT2D eigenvalue weighted by molar-refractivity contribution is 7.19. The van der Waals surface area contributed by atoms with E-state index in [4.69, 9.17) is 4.98 Å². The van der Waals surface area contributed by atoms with Crippen LogP contribution in [0, 0.1) is 0 Å². The standard InChI is InChI=1S/C24H13F3N2S/c25-24(26,27)14-11-9-13(10-12-14)22-19-15-5-1-3-7-17(15)28-21(19)20-16-6-2-4-8-18(16)29-23(20)30-22/h1-12,28H. The maximum Gasteiger partial charge on any atom is 0.416 e. The Morgan fingerprint density at radius 2 is 1.50 bits per heavy atom. The molecule has 0 saturated heterocycles. The molecular weight excluding hydrogens is 405 g/mol. The summed E-state index contributed by atoms with van der Waals surface area (Å²) in [6, 6.07) is 21.4. The monoisotopic (exact) mass is 418 g/mol. The van der Waals surface area contributed by atoms with Crippen molar-refractivity contribution in [1.29, 1.82) is 0 Å². The molecule has 1 aromatic heterocycles. The lowest BCUT2D eigenvalue weighted by atomic mass is 10.0. The van der Waals surface area contributed by atoms with Gasteiger partial charge in [0.1, 0.15) is 5.01 Å². The van der Waals surface area contributed by atoms with Crippen LogP contribution in [-0.2, 0) is 6.18 Å². The zero-order valence-corrected chi connectivity index (χ0v) is 16.2. The third kappa shape index (κ3) is 2.47. The van der Waals surface area contributed by atoms with Crippen molar-refractivity contribution in [2.75, 3.05) is 0 Å². The highest BCUT2D eigenvalue weighted by Crippen LogP contribution is 2.48. The number of nitrogens with zero attached hydrogens (tertiary/aromatic N) is 1. The fraction of sp³-hybridized carbons (Fsp3) is 0.0417. The molecule has 0 atom stereocenters. The van der Waals surface area contributed by atoms with Crippen LogP contribution in [-0.4, -0.2) is 9.97 Å². The quantitative estimate of drug-likeness (QED) is 0.291. The topological polar surface area (TPSA) is 28.7 Å². The maximum atomic E-state index is 13.0. The summed E-state index contributed by atoms with van der Waals surface area (Å²) in [6.45, 7) is 0. The van der Waals surface area contributed by atoms with Crippen LogP contribution in [0.5, 0.6) is 0 Å². The normalized spacial score (nSPS) is 12.5. The minimum absolute atomic E-state index is 0.648. The number of benzene rings is 3. The smallest absolute Gasteiger partial charge is 0.354 e. The molecular formula is C24H13F3N2S. The second-order valence-electron chi connectivity index (χ2n) is 7.24. The van der Waals surface area contributed by atoms with Crippen molar-refractivity contribution in [3.05, 3.63) is 78.4 Å². The Bertz CT molecular complexity index is 1520. The Kier molecular flexibility index (Phi) is 3.53. The SMILES string of the molecule is FC(F)(F)c1ccc(-c2sc3nc4ccccc4c-3c3[nH]c4ccccc4c23)cc1. The van der Waals surface area contributed by atoms with Crippen LogP contribution in [0.15, 0.2) is 72.8 Å². The number of H-pyrrole nitrogens is 1. The molecule has 0 bridgehead atoms. The first-order chi connectivity index (χ1) is 14.5. The van der Waals surface area contributed by atoms with E-state index in [1.165, 1.54) is 11.3 Å². The van der Waals surface area contributed by atoms with Gasteiger partial charge in [-0.15, -0.1) is 11.3 Å². The van der Waals surface area contributed by atoms with E-state index in [1.807, 2.05) is 42.5 Å². The maximum absolute atomic E-state index is 13.0. The number of rotatable bonds is 1. The van der Waals surface area contributed by atoms with Gasteiger partial charge in [0.15, 0.2) is 0 Å². The summed E-state index contributed by atoms with van der Waals surface area (Å²) >= 11 is 1.52. The first kappa shape index (κ1) is 17.5. The highest BCUT2D eigenvalue weighted by atomic mass is 32.1. The number of fused-ring (bicyclic) bond motifs is 7. The molecule has 2 nitrogen and oxygen atoms in total. The molecule has 0 saturated carbocycles. The zero-order chi connectivity index (χ0) is 20.5. The van der Waals surface area contributed by atoms with Crippen molar-refractivity contribution in [1.82, 2.24) is 9.97 Å². The molecule has 6 rings (SSSR count). The van der Waals surface area contributed by atoms with E-state index in [9.17, 15) is 13.2 Å². The first-order valence-electron chi connectivity index (χ1n) is 9.40. The summed E-state index contributed by atoms with van der Waals surface area (Å²) in [4.78, 5) is 9.24. The number of aromatic amines is 1. The lowest BCUT2D eigenvalue weighted by Crippen LogP contribution is -2.03. The molecule has 4 aromatic rings. The third-order valence-electron chi connectivity index (χ3n) is 5.47. The lowest BCUT2D eigenvalue weighted by molar-refractivity contribution is -0.137. The van der Waals surface area contributed by atoms with Crippen molar-refractivity contribution in [3.63, 3.8) is 0 Å². The number of nitrogens with one attached hydrogen (secondary N) is 1. The molecule has 0 amide bonds. The molecule has 0 radical (unpaired) electrons. The highest BCUT2D eigenvalue weighted by Gasteiger charge is 2.30. The molecule has 3 heterocycles. The molecule has 146 valence electrons. The first-order valence-corrected chi connectivity index (χ1v) is 10.2. The molecule has 2 aliphatic heterocycles. The average molecular weight is 418 g/mol. The van der Waals surface area contributed by atoms with Crippen LogP contribution in [0.4, 0.5) is 13.2 Å². The van der Waals surface area contributed by atoms with Crippen molar-refractivity contribution in [3.8, 4) is 21.0 Å². The molecule has 0 fully saturated rings. The van der Waals surface area contributed by atoms with Gasteiger partial charge in [-0.25, -0.2) is 4.98 Å². The van der Waals surface area contributed by atoms with E-state index in [1.54, 1.807) is 12.1 Å².